The molecule has 6 heteroatoms. The molecule has 0 aromatic rings. The standard InChI is InChI=1S/C8H16N4O2/c1-6(13)7(8(14)12(3)4)11-10-5-9-2/h7,9H,5H2,1-4H3. The van der Waals surface area contributed by atoms with Gasteiger partial charge < -0.3 is 4.90 Å². The van der Waals surface area contributed by atoms with E-state index in [0.29, 0.717) is 6.67 Å². The lowest BCUT2D eigenvalue weighted by Gasteiger charge is -2.13. The van der Waals surface area contributed by atoms with Gasteiger partial charge in [-0.3, -0.25) is 14.9 Å². The van der Waals surface area contributed by atoms with Crippen molar-refractivity contribution in [2.24, 2.45) is 10.2 Å². The molecule has 1 N–H and O–H groups in total. The van der Waals surface area contributed by atoms with Crippen LogP contribution in [0, 0.1) is 0 Å². The Morgan fingerprint density at radius 2 is 2.00 bits per heavy atom. The molecule has 80 valence electrons. The van der Waals surface area contributed by atoms with Gasteiger partial charge in [-0.2, -0.15) is 10.2 Å². The van der Waals surface area contributed by atoms with Crippen molar-refractivity contribution in [1.82, 2.24) is 10.2 Å². The maximum atomic E-state index is 11.4. The molecule has 0 aliphatic rings. The van der Waals surface area contributed by atoms with E-state index < -0.39 is 6.04 Å². The van der Waals surface area contributed by atoms with E-state index in [2.05, 4.69) is 15.5 Å². The van der Waals surface area contributed by atoms with Crippen molar-refractivity contribution in [3.8, 4) is 0 Å². The van der Waals surface area contributed by atoms with E-state index in [0.717, 1.165) is 0 Å². The number of hydrogen-bond donors (Lipinski definition) is 1. The number of carbonyl (C=O) groups is 2. The summed E-state index contributed by atoms with van der Waals surface area (Å²) in [4.78, 5) is 23.8. The third-order valence-electron chi connectivity index (χ3n) is 1.49. The number of Topliss-reactive ketones (excluding diaryl/α,β-unsaturated/α-hetero) is 1. The third-order valence-corrected chi connectivity index (χ3v) is 1.49. The number of amides is 1. The molecule has 0 heterocycles. The highest BCUT2D eigenvalue weighted by molar-refractivity contribution is 6.04. The van der Waals surface area contributed by atoms with Crippen LogP contribution in [0.3, 0.4) is 0 Å². The number of azo groups is 1. The summed E-state index contributed by atoms with van der Waals surface area (Å²) in [6, 6.07) is -1.00. The Kier molecular flexibility index (Phi) is 5.62. The summed E-state index contributed by atoms with van der Waals surface area (Å²) in [5.74, 6) is -0.652. The molecule has 0 saturated heterocycles. The van der Waals surface area contributed by atoms with E-state index >= 15 is 0 Å². The molecule has 0 fully saturated rings. The van der Waals surface area contributed by atoms with Crippen molar-refractivity contribution in [1.29, 1.82) is 0 Å². The fourth-order valence-corrected chi connectivity index (χ4v) is 0.742. The third kappa shape index (κ3) is 4.08. The van der Waals surface area contributed by atoms with Crippen molar-refractivity contribution >= 4 is 11.7 Å². The van der Waals surface area contributed by atoms with E-state index in [9.17, 15) is 9.59 Å². The monoisotopic (exact) mass is 200 g/mol. The first-order chi connectivity index (χ1) is 6.50. The molecule has 0 saturated carbocycles. The topological polar surface area (TPSA) is 74.1 Å². The maximum absolute atomic E-state index is 11.4. The van der Waals surface area contributed by atoms with Gasteiger partial charge in [0, 0.05) is 14.1 Å². The number of nitrogens with zero attached hydrogens (tertiary/aromatic N) is 3. The van der Waals surface area contributed by atoms with Crippen molar-refractivity contribution in [3.05, 3.63) is 0 Å². The van der Waals surface area contributed by atoms with Crippen molar-refractivity contribution in [3.63, 3.8) is 0 Å². The molecule has 6 nitrogen and oxygen atoms in total. The van der Waals surface area contributed by atoms with Crippen LogP contribution in [-0.2, 0) is 9.59 Å². The smallest absolute Gasteiger partial charge is 0.256 e. The van der Waals surface area contributed by atoms with Crippen molar-refractivity contribution in [2.75, 3.05) is 27.8 Å². The second kappa shape index (κ2) is 6.20. The highest BCUT2D eigenvalue weighted by atomic mass is 16.2. The average molecular weight is 200 g/mol. The number of likely N-dealkylation sites (N-methyl/N-ethyl adjacent to an activating group) is 1. The lowest BCUT2D eigenvalue weighted by atomic mass is 10.2. The van der Waals surface area contributed by atoms with Gasteiger partial charge in [0.25, 0.3) is 5.91 Å². The molecule has 0 aliphatic carbocycles. The van der Waals surface area contributed by atoms with Crippen molar-refractivity contribution in [2.45, 2.75) is 13.0 Å². The van der Waals surface area contributed by atoms with Gasteiger partial charge in [0.05, 0.1) is 0 Å². The normalized spacial score (nSPS) is 12.9. The van der Waals surface area contributed by atoms with Crippen LogP contribution in [0.2, 0.25) is 0 Å². The molecule has 0 aromatic carbocycles. The quantitative estimate of drug-likeness (QED) is 0.487. The van der Waals surface area contributed by atoms with Crippen LogP contribution >= 0.6 is 0 Å². The molecule has 0 bridgehead atoms. The van der Waals surface area contributed by atoms with Crippen LogP contribution < -0.4 is 5.32 Å². The Balaban J connectivity index is 4.45. The minimum Gasteiger partial charge on any atom is -0.347 e. The summed E-state index contributed by atoms with van der Waals surface area (Å²) < 4.78 is 0. The van der Waals surface area contributed by atoms with E-state index in [1.807, 2.05) is 0 Å². The summed E-state index contributed by atoms with van der Waals surface area (Å²) >= 11 is 0. The summed E-state index contributed by atoms with van der Waals surface area (Å²) in [5.41, 5.74) is 0. The molecular formula is C8H16N4O2. The van der Waals surface area contributed by atoms with Gasteiger partial charge in [-0.15, -0.1) is 0 Å². The summed E-state index contributed by atoms with van der Waals surface area (Å²) in [6.45, 7) is 1.62. The van der Waals surface area contributed by atoms with Gasteiger partial charge in [-0.25, -0.2) is 0 Å². The van der Waals surface area contributed by atoms with E-state index in [-0.39, 0.29) is 11.7 Å². The molecule has 0 spiro atoms. The number of carbonyl (C=O) groups excluding carboxylic acids is 2. The maximum Gasteiger partial charge on any atom is 0.256 e. The minimum absolute atomic E-state index is 0.296. The summed E-state index contributed by atoms with van der Waals surface area (Å²) in [5, 5.41) is 10.0. The first-order valence-electron chi connectivity index (χ1n) is 4.23. The average Bonchev–Trinajstić information content (AvgIpc) is 2.10. The van der Waals surface area contributed by atoms with E-state index in [4.69, 9.17) is 0 Å². The lowest BCUT2D eigenvalue weighted by Crippen LogP contribution is -2.36. The molecule has 1 amide bonds. The number of ketones is 1. The highest BCUT2D eigenvalue weighted by Gasteiger charge is 2.24. The van der Waals surface area contributed by atoms with Crippen LogP contribution in [-0.4, -0.2) is 50.4 Å². The van der Waals surface area contributed by atoms with Crippen LogP contribution in [0.15, 0.2) is 10.2 Å². The largest absolute Gasteiger partial charge is 0.347 e. The first kappa shape index (κ1) is 12.7. The number of rotatable bonds is 5. The molecule has 0 radical (unpaired) electrons. The molecule has 14 heavy (non-hydrogen) atoms. The Morgan fingerprint density at radius 3 is 2.36 bits per heavy atom. The zero-order chi connectivity index (χ0) is 11.1. The predicted molar refractivity (Wildman–Crippen MR) is 51.9 cm³/mol. The van der Waals surface area contributed by atoms with Crippen LogP contribution in [0.25, 0.3) is 0 Å². The van der Waals surface area contributed by atoms with E-state index in [1.54, 1.807) is 21.1 Å². The Hall–Kier alpha value is -1.30. The summed E-state index contributed by atoms with van der Waals surface area (Å²) in [6.07, 6.45) is 0. The minimum atomic E-state index is -1.00. The van der Waals surface area contributed by atoms with Crippen LogP contribution in [0.4, 0.5) is 0 Å². The molecule has 1 unspecified atom stereocenters. The SMILES string of the molecule is CNCN=NC(C(C)=O)C(=O)N(C)C. The Labute approximate surface area is 83.4 Å². The second-order valence-electron chi connectivity index (χ2n) is 3.01. The fraction of sp³-hybridized carbons (Fsp3) is 0.750. The van der Waals surface area contributed by atoms with E-state index in [1.165, 1.54) is 11.8 Å². The van der Waals surface area contributed by atoms with Gasteiger partial charge in [-0.1, -0.05) is 0 Å². The Morgan fingerprint density at radius 1 is 1.43 bits per heavy atom. The van der Waals surface area contributed by atoms with Crippen molar-refractivity contribution < 1.29 is 9.59 Å². The van der Waals surface area contributed by atoms with Crippen LogP contribution in [0.5, 0.6) is 0 Å². The van der Waals surface area contributed by atoms with Gasteiger partial charge >= 0.3 is 0 Å². The number of hydrogen-bond acceptors (Lipinski definition) is 5. The molecule has 1 atom stereocenters. The van der Waals surface area contributed by atoms with Gasteiger partial charge in [-0.05, 0) is 14.0 Å². The zero-order valence-corrected chi connectivity index (χ0v) is 8.94. The van der Waals surface area contributed by atoms with Gasteiger partial charge in [0.15, 0.2) is 5.78 Å². The highest BCUT2D eigenvalue weighted by Crippen LogP contribution is 1.98. The van der Waals surface area contributed by atoms with Crippen LogP contribution in [0.1, 0.15) is 6.92 Å². The molecule has 0 aliphatic heterocycles. The lowest BCUT2D eigenvalue weighted by molar-refractivity contribution is -0.134. The molecule has 0 rings (SSSR count). The van der Waals surface area contributed by atoms with Gasteiger partial charge in [0.1, 0.15) is 6.67 Å². The summed E-state index contributed by atoms with van der Waals surface area (Å²) in [7, 11) is 4.85. The molecule has 0 aromatic heterocycles. The fourth-order valence-electron chi connectivity index (χ4n) is 0.742. The number of nitrogens with one attached hydrogen (secondary N) is 1. The first-order valence-corrected chi connectivity index (χ1v) is 4.23. The molecular weight excluding hydrogens is 184 g/mol. The second-order valence-corrected chi connectivity index (χ2v) is 3.01. The predicted octanol–water partition coefficient (Wildman–Crippen LogP) is -0.339. The zero-order valence-electron chi connectivity index (χ0n) is 8.94. The Bertz CT molecular complexity index is 237. The van der Waals surface area contributed by atoms with Gasteiger partial charge in [0.2, 0.25) is 6.04 Å².